The minimum atomic E-state index is -0.254. The number of aliphatic hydroxyl groups is 1. The second-order valence-electron chi connectivity index (χ2n) is 3.51. The Morgan fingerprint density at radius 2 is 2.36 bits per heavy atom. The summed E-state index contributed by atoms with van der Waals surface area (Å²) in [6.45, 7) is 4.02. The molecule has 0 unspecified atom stereocenters. The van der Waals surface area contributed by atoms with Crippen molar-refractivity contribution >= 4 is 5.69 Å². The molecule has 0 aliphatic rings. The number of aliphatic hydroxyl groups excluding tert-OH is 1. The first-order valence-electron chi connectivity index (χ1n) is 4.55. The molecule has 5 nitrogen and oxygen atoms in total. The van der Waals surface area contributed by atoms with Gasteiger partial charge in [0.15, 0.2) is 0 Å². The second kappa shape index (κ2) is 4.76. The first kappa shape index (κ1) is 10.7. The van der Waals surface area contributed by atoms with E-state index in [1.807, 2.05) is 13.8 Å². The van der Waals surface area contributed by atoms with E-state index in [1.54, 1.807) is 0 Å². The van der Waals surface area contributed by atoms with E-state index in [0.29, 0.717) is 11.6 Å². The molecule has 3 N–H and O–H groups in total. The summed E-state index contributed by atoms with van der Waals surface area (Å²) < 4.78 is 0. The first-order chi connectivity index (χ1) is 6.63. The van der Waals surface area contributed by atoms with Gasteiger partial charge in [-0.05, 0) is 5.92 Å². The largest absolute Gasteiger partial charge is 0.394 e. The Morgan fingerprint density at radius 3 is 2.86 bits per heavy atom. The number of anilines is 1. The number of H-pyrrole nitrogens is 1. The standard InChI is InChI=1S/C9H15N3O2/c1-6(2)8(5-13)11-7-3-9(14)12-10-4-7/h3-4,6,8,13H,5H2,1-2H3,(H2,11,12,14)/t8-/m1/s1. The molecule has 1 atom stereocenters. The van der Waals surface area contributed by atoms with Crippen LogP contribution >= 0.6 is 0 Å². The van der Waals surface area contributed by atoms with Gasteiger partial charge in [0.1, 0.15) is 0 Å². The van der Waals surface area contributed by atoms with Gasteiger partial charge >= 0.3 is 0 Å². The van der Waals surface area contributed by atoms with Crippen LogP contribution in [0.2, 0.25) is 0 Å². The Morgan fingerprint density at radius 1 is 1.64 bits per heavy atom. The lowest BCUT2D eigenvalue weighted by Gasteiger charge is -2.20. The predicted octanol–water partition coefficient (Wildman–Crippen LogP) is 0.199. The van der Waals surface area contributed by atoms with Crippen LogP contribution in [0.4, 0.5) is 5.69 Å². The molecule has 1 aromatic heterocycles. The normalized spacial score (nSPS) is 12.9. The second-order valence-corrected chi connectivity index (χ2v) is 3.51. The van der Waals surface area contributed by atoms with E-state index in [4.69, 9.17) is 5.11 Å². The highest BCUT2D eigenvalue weighted by molar-refractivity contribution is 5.39. The van der Waals surface area contributed by atoms with Crippen LogP contribution in [0.3, 0.4) is 0 Å². The number of nitrogens with zero attached hydrogens (tertiary/aromatic N) is 1. The molecule has 0 saturated carbocycles. The van der Waals surface area contributed by atoms with Gasteiger partial charge in [-0.1, -0.05) is 13.8 Å². The van der Waals surface area contributed by atoms with Crippen molar-refractivity contribution in [2.45, 2.75) is 19.9 Å². The van der Waals surface area contributed by atoms with Crippen LogP contribution in [0, 0.1) is 5.92 Å². The third-order valence-corrected chi connectivity index (χ3v) is 2.02. The number of hydrogen-bond acceptors (Lipinski definition) is 4. The molecular formula is C9H15N3O2. The summed E-state index contributed by atoms with van der Waals surface area (Å²) in [6, 6.07) is 1.36. The molecule has 1 rings (SSSR count). The lowest BCUT2D eigenvalue weighted by molar-refractivity contribution is 0.249. The monoisotopic (exact) mass is 197 g/mol. The molecular weight excluding hydrogens is 182 g/mol. The van der Waals surface area contributed by atoms with E-state index in [-0.39, 0.29) is 18.2 Å². The van der Waals surface area contributed by atoms with Gasteiger partial charge in [-0.15, -0.1) is 0 Å². The van der Waals surface area contributed by atoms with Crippen LogP contribution in [0.1, 0.15) is 13.8 Å². The maximum atomic E-state index is 10.9. The van der Waals surface area contributed by atoms with Crippen molar-refractivity contribution < 1.29 is 5.11 Å². The molecule has 0 radical (unpaired) electrons. The predicted molar refractivity (Wildman–Crippen MR) is 54.2 cm³/mol. The van der Waals surface area contributed by atoms with Gasteiger partial charge in [-0.2, -0.15) is 5.10 Å². The fourth-order valence-corrected chi connectivity index (χ4v) is 1.09. The van der Waals surface area contributed by atoms with Crippen molar-refractivity contribution in [3.63, 3.8) is 0 Å². The van der Waals surface area contributed by atoms with Crippen LogP contribution in [-0.4, -0.2) is 28.0 Å². The highest BCUT2D eigenvalue weighted by Crippen LogP contribution is 2.08. The maximum absolute atomic E-state index is 10.9. The topological polar surface area (TPSA) is 78.0 Å². The molecule has 0 bridgehead atoms. The van der Waals surface area contributed by atoms with Crippen LogP contribution in [-0.2, 0) is 0 Å². The van der Waals surface area contributed by atoms with E-state index in [1.165, 1.54) is 12.3 Å². The Kier molecular flexibility index (Phi) is 3.64. The molecule has 0 aliphatic carbocycles. The molecule has 0 spiro atoms. The third-order valence-electron chi connectivity index (χ3n) is 2.02. The molecule has 5 heteroatoms. The van der Waals surface area contributed by atoms with Crippen molar-refractivity contribution in [3.8, 4) is 0 Å². The summed E-state index contributed by atoms with van der Waals surface area (Å²) >= 11 is 0. The summed E-state index contributed by atoms with van der Waals surface area (Å²) in [5.74, 6) is 0.291. The number of aromatic amines is 1. The third kappa shape index (κ3) is 2.85. The van der Waals surface area contributed by atoms with Gasteiger partial charge in [-0.3, -0.25) is 4.79 Å². The zero-order valence-electron chi connectivity index (χ0n) is 8.32. The van der Waals surface area contributed by atoms with Crippen LogP contribution in [0.15, 0.2) is 17.1 Å². The molecule has 0 fully saturated rings. The Hall–Kier alpha value is -1.36. The highest BCUT2D eigenvalue weighted by Gasteiger charge is 2.11. The highest BCUT2D eigenvalue weighted by atomic mass is 16.3. The van der Waals surface area contributed by atoms with Gasteiger partial charge in [0.05, 0.1) is 24.5 Å². The van der Waals surface area contributed by atoms with Crippen LogP contribution in [0.5, 0.6) is 0 Å². The average molecular weight is 197 g/mol. The minimum Gasteiger partial charge on any atom is -0.394 e. The van der Waals surface area contributed by atoms with E-state index in [0.717, 1.165) is 0 Å². The maximum Gasteiger partial charge on any atom is 0.266 e. The van der Waals surface area contributed by atoms with Crippen molar-refractivity contribution in [1.82, 2.24) is 10.2 Å². The molecule has 78 valence electrons. The molecule has 14 heavy (non-hydrogen) atoms. The zero-order chi connectivity index (χ0) is 10.6. The van der Waals surface area contributed by atoms with Gasteiger partial charge in [-0.25, -0.2) is 5.10 Å². The minimum absolute atomic E-state index is 0.0322. The fraction of sp³-hybridized carbons (Fsp3) is 0.556. The van der Waals surface area contributed by atoms with E-state index >= 15 is 0 Å². The number of nitrogens with one attached hydrogen (secondary N) is 2. The van der Waals surface area contributed by atoms with Crippen LogP contribution < -0.4 is 10.9 Å². The number of rotatable bonds is 4. The van der Waals surface area contributed by atoms with Crippen molar-refractivity contribution in [2.75, 3.05) is 11.9 Å². The summed E-state index contributed by atoms with van der Waals surface area (Å²) in [7, 11) is 0. The van der Waals surface area contributed by atoms with Crippen molar-refractivity contribution in [2.24, 2.45) is 5.92 Å². The van der Waals surface area contributed by atoms with Crippen LogP contribution in [0.25, 0.3) is 0 Å². The summed E-state index contributed by atoms with van der Waals surface area (Å²) in [4.78, 5) is 10.9. The summed E-state index contributed by atoms with van der Waals surface area (Å²) in [5, 5.41) is 18.0. The molecule has 0 aliphatic heterocycles. The van der Waals surface area contributed by atoms with E-state index in [2.05, 4.69) is 15.5 Å². The van der Waals surface area contributed by atoms with Gasteiger partial charge in [0.25, 0.3) is 5.56 Å². The SMILES string of the molecule is CC(C)[C@@H](CO)Nc1cn[nH]c(=O)c1. The molecule has 1 aromatic rings. The van der Waals surface area contributed by atoms with E-state index < -0.39 is 0 Å². The Labute approximate surface area is 82.2 Å². The smallest absolute Gasteiger partial charge is 0.266 e. The molecule has 1 heterocycles. The van der Waals surface area contributed by atoms with Crippen molar-refractivity contribution in [3.05, 3.63) is 22.6 Å². The molecule has 0 aromatic carbocycles. The summed E-state index contributed by atoms with van der Waals surface area (Å²) in [5.41, 5.74) is 0.372. The fourth-order valence-electron chi connectivity index (χ4n) is 1.09. The average Bonchev–Trinajstić information content (AvgIpc) is 2.14. The number of aromatic nitrogens is 2. The Balaban J connectivity index is 2.72. The Bertz CT molecular complexity index is 335. The number of hydrogen-bond donors (Lipinski definition) is 3. The molecule has 0 saturated heterocycles. The molecule has 0 amide bonds. The van der Waals surface area contributed by atoms with Gasteiger partial charge in [0, 0.05) is 6.07 Å². The quantitative estimate of drug-likeness (QED) is 0.644. The van der Waals surface area contributed by atoms with E-state index in [9.17, 15) is 4.79 Å². The van der Waals surface area contributed by atoms with Crippen molar-refractivity contribution in [1.29, 1.82) is 0 Å². The lowest BCUT2D eigenvalue weighted by atomic mass is 10.1. The van der Waals surface area contributed by atoms with Gasteiger partial charge < -0.3 is 10.4 Å². The lowest BCUT2D eigenvalue weighted by Crippen LogP contribution is -2.30. The summed E-state index contributed by atoms with van der Waals surface area (Å²) in [6.07, 6.45) is 1.52. The first-order valence-corrected chi connectivity index (χ1v) is 4.55. The van der Waals surface area contributed by atoms with Gasteiger partial charge in [0.2, 0.25) is 0 Å². The zero-order valence-corrected chi connectivity index (χ0v) is 8.32.